The molecule has 3 N–H and O–H groups in total. The van der Waals surface area contributed by atoms with Crippen LogP contribution in [0.4, 0.5) is 4.79 Å². The Hall–Kier alpha value is -1.93. The number of nitrogens with one attached hydrogen (secondary N) is 2. The number of carboxylic acids is 1. The minimum atomic E-state index is -1.03. The van der Waals surface area contributed by atoms with Gasteiger partial charge in [-0.25, -0.2) is 14.6 Å². The van der Waals surface area contributed by atoms with E-state index < -0.39 is 5.97 Å². The van der Waals surface area contributed by atoms with E-state index in [0.717, 1.165) is 6.42 Å². The fourth-order valence-electron chi connectivity index (χ4n) is 1.62. The van der Waals surface area contributed by atoms with Gasteiger partial charge in [0.2, 0.25) is 0 Å². The maximum absolute atomic E-state index is 11.5. The normalized spacial score (nSPS) is 10.3. The van der Waals surface area contributed by atoms with E-state index in [1.807, 2.05) is 11.4 Å². The Labute approximate surface area is 129 Å². The van der Waals surface area contributed by atoms with Gasteiger partial charge in [-0.05, 0) is 28.8 Å². The number of amides is 2. The molecule has 0 bridgehead atoms. The van der Waals surface area contributed by atoms with E-state index in [9.17, 15) is 9.59 Å². The first kappa shape index (κ1) is 15.5. The van der Waals surface area contributed by atoms with Gasteiger partial charge in [0.1, 0.15) is 0 Å². The molecule has 0 atom stereocenters. The van der Waals surface area contributed by atoms with Crippen LogP contribution in [0.1, 0.15) is 21.1 Å². The van der Waals surface area contributed by atoms with Crippen LogP contribution in [0, 0.1) is 0 Å². The number of carbonyl (C=O) groups excluding carboxylic acids is 1. The molecule has 112 valence electrons. The lowest BCUT2D eigenvalue weighted by Crippen LogP contribution is -2.37. The molecule has 8 heteroatoms. The Bertz CT molecular complexity index is 596. The molecule has 2 heterocycles. The number of urea groups is 1. The molecule has 2 rings (SSSR count). The molecular weight excluding hydrogens is 310 g/mol. The molecule has 0 radical (unpaired) electrons. The van der Waals surface area contributed by atoms with Gasteiger partial charge in [0, 0.05) is 24.9 Å². The van der Waals surface area contributed by atoms with E-state index >= 15 is 0 Å². The first-order valence-electron chi connectivity index (χ1n) is 6.35. The molecule has 0 saturated carbocycles. The Morgan fingerprint density at radius 1 is 1.19 bits per heavy atom. The van der Waals surface area contributed by atoms with Crippen molar-refractivity contribution in [2.75, 3.05) is 13.1 Å². The first-order chi connectivity index (χ1) is 10.1. The predicted molar refractivity (Wildman–Crippen MR) is 82.2 cm³/mol. The number of carboxylic acid groups (broad SMARTS) is 1. The van der Waals surface area contributed by atoms with Crippen molar-refractivity contribution in [1.82, 2.24) is 15.6 Å². The zero-order valence-electron chi connectivity index (χ0n) is 11.2. The molecule has 0 saturated heterocycles. The van der Waals surface area contributed by atoms with Crippen LogP contribution in [0.25, 0.3) is 0 Å². The number of hydrogen-bond donors (Lipinski definition) is 3. The second-order valence-electron chi connectivity index (χ2n) is 4.25. The Morgan fingerprint density at radius 2 is 1.95 bits per heavy atom. The van der Waals surface area contributed by atoms with Gasteiger partial charge in [0.05, 0.1) is 5.01 Å². The quantitative estimate of drug-likeness (QED) is 0.726. The maximum atomic E-state index is 11.5. The molecule has 0 aliphatic heterocycles. The molecule has 2 aromatic heterocycles. The summed E-state index contributed by atoms with van der Waals surface area (Å²) in [7, 11) is 0. The smallest absolute Gasteiger partial charge is 0.355 e. The third kappa shape index (κ3) is 5.16. The van der Waals surface area contributed by atoms with Gasteiger partial charge >= 0.3 is 12.0 Å². The number of aromatic nitrogens is 1. The van der Waals surface area contributed by atoms with Gasteiger partial charge in [-0.2, -0.15) is 11.3 Å². The first-order valence-corrected chi connectivity index (χ1v) is 8.18. The van der Waals surface area contributed by atoms with Crippen LogP contribution < -0.4 is 10.6 Å². The van der Waals surface area contributed by atoms with Crippen molar-refractivity contribution in [3.63, 3.8) is 0 Å². The van der Waals surface area contributed by atoms with Crippen LogP contribution in [0.5, 0.6) is 0 Å². The van der Waals surface area contributed by atoms with Crippen molar-refractivity contribution in [3.8, 4) is 0 Å². The van der Waals surface area contributed by atoms with Gasteiger partial charge in [0.15, 0.2) is 5.69 Å². The lowest BCUT2D eigenvalue weighted by atomic mass is 10.2. The number of thiazole rings is 1. The summed E-state index contributed by atoms with van der Waals surface area (Å²) in [4.78, 5) is 26.2. The van der Waals surface area contributed by atoms with E-state index in [4.69, 9.17) is 5.11 Å². The third-order valence-electron chi connectivity index (χ3n) is 2.67. The molecule has 0 fully saturated rings. The molecule has 21 heavy (non-hydrogen) atoms. The number of thiophene rings is 1. The van der Waals surface area contributed by atoms with E-state index in [1.54, 1.807) is 11.3 Å². The minimum Gasteiger partial charge on any atom is -0.476 e. The number of hydrogen-bond acceptors (Lipinski definition) is 5. The van der Waals surface area contributed by atoms with Crippen LogP contribution >= 0.6 is 22.7 Å². The fraction of sp³-hybridized carbons (Fsp3) is 0.308. The van der Waals surface area contributed by atoms with Gasteiger partial charge in [-0.15, -0.1) is 11.3 Å². The van der Waals surface area contributed by atoms with Gasteiger partial charge in [-0.3, -0.25) is 0 Å². The zero-order valence-corrected chi connectivity index (χ0v) is 12.8. The summed E-state index contributed by atoms with van der Waals surface area (Å²) in [6.45, 7) is 1.01. The Kier molecular flexibility index (Phi) is 5.70. The number of aromatic carboxylic acids is 1. The lowest BCUT2D eigenvalue weighted by Gasteiger charge is -2.06. The molecule has 0 aliphatic rings. The Morgan fingerprint density at radius 3 is 2.57 bits per heavy atom. The molecule has 0 spiro atoms. The molecule has 2 amide bonds. The van der Waals surface area contributed by atoms with Crippen molar-refractivity contribution < 1.29 is 14.7 Å². The van der Waals surface area contributed by atoms with Crippen LogP contribution in [-0.2, 0) is 12.8 Å². The second-order valence-corrected chi connectivity index (χ2v) is 5.97. The molecular formula is C13H15N3O3S2. The summed E-state index contributed by atoms with van der Waals surface area (Å²) in [6, 6.07) is 1.81. The number of carbonyl (C=O) groups is 2. The Balaban J connectivity index is 1.61. The molecule has 2 aromatic rings. The van der Waals surface area contributed by atoms with E-state index in [1.165, 1.54) is 22.3 Å². The summed E-state index contributed by atoms with van der Waals surface area (Å²) in [5.41, 5.74) is 1.26. The minimum absolute atomic E-state index is 0.0511. The molecule has 6 nitrogen and oxygen atoms in total. The lowest BCUT2D eigenvalue weighted by molar-refractivity contribution is 0.0691. The largest absolute Gasteiger partial charge is 0.476 e. The molecule has 0 aromatic carbocycles. The van der Waals surface area contributed by atoms with Crippen molar-refractivity contribution >= 4 is 34.7 Å². The van der Waals surface area contributed by atoms with E-state index in [2.05, 4.69) is 21.0 Å². The number of nitrogens with zero attached hydrogens (tertiary/aromatic N) is 1. The second kappa shape index (κ2) is 7.75. The average molecular weight is 325 g/mol. The van der Waals surface area contributed by atoms with E-state index in [-0.39, 0.29) is 11.7 Å². The van der Waals surface area contributed by atoms with Crippen molar-refractivity contribution in [2.45, 2.75) is 12.8 Å². The monoisotopic (exact) mass is 325 g/mol. The average Bonchev–Trinajstić information content (AvgIpc) is 3.09. The highest BCUT2D eigenvalue weighted by molar-refractivity contribution is 7.09. The van der Waals surface area contributed by atoms with Crippen LogP contribution in [0.15, 0.2) is 22.2 Å². The summed E-state index contributed by atoms with van der Waals surface area (Å²) in [6.07, 6.45) is 1.33. The highest BCUT2D eigenvalue weighted by Gasteiger charge is 2.08. The van der Waals surface area contributed by atoms with Crippen LogP contribution in [-0.4, -0.2) is 35.2 Å². The summed E-state index contributed by atoms with van der Waals surface area (Å²) < 4.78 is 0. The number of rotatable bonds is 7. The standard InChI is InChI=1S/C13H15N3O3S2/c17-12(18)10-8-21-11(16-10)2-5-15-13(19)14-4-1-9-3-6-20-7-9/h3,6-8H,1-2,4-5H2,(H,17,18)(H2,14,15,19). The van der Waals surface area contributed by atoms with Crippen LogP contribution in [0.3, 0.4) is 0 Å². The van der Waals surface area contributed by atoms with Crippen molar-refractivity contribution in [2.24, 2.45) is 0 Å². The molecule has 0 unspecified atom stereocenters. The highest BCUT2D eigenvalue weighted by atomic mass is 32.1. The van der Waals surface area contributed by atoms with E-state index in [0.29, 0.717) is 24.5 Å². The summed E-state index contributed by atoms with van der Waals surface area (Å²) in [5.74, 6) is -1.03. The van der Waals surface area contributed by atoms with Crippen LogP contribution in [0.2, 0.25) is 0 Å². The van der Waals surface area contributed by atoms with Crippen molar-refractivity contribution in [1.29, 1.82) is 0 Å². The van der Waals surface area contributed by atoms with Gasteiger partial charge in [-0.1, -0.05) is 0 Å². The summed E-state index contributed by atoms with van der Waals surface area (Å²) >= 11 is 2.92. The predicted octanol–water partition coefficient (Wildman–Crippen LogP) is 1.99. The molecule has 0 aliphatic carbocycles. The zero-order chi connectivity index (χ0) is 15.1. The topological polar surface area (TPSA) is 91.3 Å². The SMILES string of the molecule is O=C(NCCc1ccsc1)NCCc1nc(C(=O)O)cs1. The highest BCUT2D eigenvalue weighted by Crippen LogP contribution is 2.09. The van der Waals surface area contributed by atoms with Gasteiger partial charge in [0.25, 0.3) is 0 Å². The third-order valence-corrected chi connectivity index (χ3v) is 4.32. The van der Waals surface area contributed by atoms with Crippen molar-refractivity contribution in [3.05, 3.63) is 38.5 Å². The maximum Gasteiger partial charge on any atom is 0.355 e. The van der Waals surface area contributed by atoms with Gasteiger partial charge < -0.3 is 15.7 Å². The fourth-order valence-corrected chi connectivity index (χ4v) is 3.10. The summed E-state index contributed by atoms with van der Waals surface area (Å²) in [5, 5.41) is 20.5.